The average molecular weight is 241 g/mol. The molecule has 92 valence electrons. The molecule has 3 nitrogen and oxygen atoms in total. The Hall–Kier alpha value is -1.49. The Kier molecular flexibility index (Phi) is 2.87. The van der Waals surface area contributed by atoms with E-state index in [1.165, 1.54) is 12.1 Å². The normalized spacial score (nSPS) is 26.9. The van der Waals surface area contributed by atoms with E-state index in [-0.39, 0.29) is 12.5 Å². The van der Waals surface area contributed by atoms with E-state index < -0.39 is 23.0 Å². The van der Waals surface area contributed by atoms with E-state index in [2.05, 4.69) is 0 Å². The highest BCUT2D eigenvalue weighted by Crippen LogP contribution is 2.53. The molecule has 2 unspecified atom stereocenters. The number of hydrogen-bond acceptors (Lipinski definition) is 2. The first-order valence-corrected chi connectivity index (χ1v) is 5.36. The second-order valence-electron chi connectivity index (χ2n) is 4.55. The lowest BCUT2D eigenvalue weighted by atomic mass is 9.99. The lowest BCUT2D eigenvalue weighted by molar-refractivity contribution is -0.143. The Bertz CT molecular complexity index is 444. The predicted molar refractivity (Wildman–Crippen MR) is 57.3 cm³/mol. The molecule has 1 aliphatic rings. The van der Waals surface area contributed by atoms with Crippen LogP contribution < -0.4 is 5.73 Å². The van der Waals surface area contributed by atoms with Crippen molar-refractivity contribution in [3.63, 3.8) is 0 Å². The van der Waals surface area contributed by atoms with Crippen molar-refractivity contribution < 1.29 is 18.7 Å². The second-order valence-corrected chi connectivity index (χ2v) is 4.55. The van der Waals surface area contributed by atoms with Gasteiger partial charge in [-0.25, -0.2) is 8.78 Å². The number of carboxylic acid groups (broad SMARTS) is 1. The van der Waals surface area contributed by atoms with Crippen LogP contribution in [0, 0.1) is 23.0 Å². The highest BCUT2D eigenvalue weighted by Gasteiger charge is 2.58. The SMILES string of the molecule is NCC1(C(=O)O)CC1Cc1cc(F)cc(F)c1. The van der Waals surface area contributed by atoms with Gasteiger partial charge in [-0.05, 0) is 36.5 Å². The molecule has 0 bridgehead atoms. The molecule has 0 radical (unpaired) electrons. The van der Waals surface area contributed by atoms with E-state index in [1.807, 2.05) is 0 Å². The van der Waals surface area contributed by atoms with Crippen LogP contribution in [-0.2, 0) is 11.2 Å². The number of benzene rings is 1. The number of carbonyl (C=O) groups is 1. The number of halogens is 2. The lowest BCUT2D eigenvalue weighted by Crippen LogP contribution is -2.27. The van der Waals surface area contributed by atoms with Crippen LogP contribution in [0.3, 0.4) is 0 Å². The summed E-state index contributed by atoms with van der Waals surface area (Å²) in [5, 5.41) is 9.03. The molecule has 1 aromatic carbocycles. The van der Waals surface area contributed by atoms with Gasteiger partial charge < -0.3 is 10.8 Å². The average Bonchev–Trinajstić information content (AvgIpc) is 2.91. The number of nitrogens with two attached hydrogens (primary N) is 1. The zero-order valence-corrected chi connectivity index (χ0v) is 9.12. The van der Waals surface area contributed by atoms with Gasteiger partial charge in [-0.2, -0.15) is 0 Å². The second kappa shape index (κ2) is 4.07. The van der Waals surface area contributed by atoms with Crippen molar-refractivity contribution in [2.75, 3.05) is 6.54 Å². The minimum atomic E-state index is -0.929. The van der Waals surface area contributed by atoms with Crippen molar-refractivity contribution in [2.45, 2.75) is 12.8 Å². The van der Waals surface area contributed by atoms with E-state index in [0.717, 1.165) is 6.07 Å². The van der Waals surface area contributed by atoms with Crippen LogP contribution in [0.1, 0.15) is 12.0 Å². The van der Waals surface area contributed by atoms with Crippen LogP contribution in [0.2, 0.25) is 0 Å². The number of rotatable bonds is 4. The minimum Gasteiger partial charge on any atom is -0.481 e. The van der Waals surface area contributed by atoms with E-state index in [0.29, 0.717) is 18.4 Å². The largest absolute Gasteiger partial charge is 0.481 e. The fourth-order valence-corrected chi connectivity index (χ4v) is 2.26. The maximum atomic E-state index is 13.0. The quantitative estimate of drug-likeness (QED) is 0.840. The zero-order chi connectivity index (χ0) is 12.6. The molecule has 0 saturated heterocycles. The fourth-order valence-electron chi connectivity index (χ4n) is 2.26. The molecule has 0 aromatic heterocycles. The summed E-state index contributed by atoms with van der Waals surface area (Å²) in [4.78, 5) is 11.0. The standard InChI is InChI=1S/C12H13F2NO2/c13-9-2-7(3-10(14)4-9)1-8-5-12(8,6-15)11(16)17/h2-4,8H,1,5-6,15H2,(H,16,17). The molecule has 2 rings (SSSR count). The molecule has 3 N–H and O–H groups in total. The third-order valence-electron chi connectivity index (χ3n) is 3.43. The molecule has 0 spiro atoms. The van der Waals surface area contributed by atoms with Gasteiger partial charge in [0.15, 0.2) is 0 Å². The Morgan fingerprint density at radius 1 is 1.41 bits per heavy atom. The molecule has 0 heterocycles. The van der Waals surface area contributed by atoms with Crippen LogP contribution in [-0.4, -0.2) is 17.6 Å². The van der Waals surface area contributed by atoms with Crippen molar-refractivity contribution in [2.24, 2.45) is 17.1 Å². The van der Waals surface area contributed by atoms with E-state index in [9.17, 15) is 13.6 Å². The summed E-state index contributed by atoms with van der Waals surface area (Å²) in [5.74, 6) is -2.35. The smallest absolute Gasteiger partial charge is 0.311 e. The summed E-state index contributed by atoms with van der Waals surface area (Å²) in [6, 6.07) is 3.25. The van der Waals surface area contributed by atoms with Crippen molar-refractivity contribution in [3.05, 3.63) is 35.4 Å². The molecule has 1 fully saturated rings. The van der Waals surface area contributed by atoms with Gasteiger partial charge in [0.25, 0.3) is 0 Å². The minimum absolute atomic E-state index is 0.0603. The topological polar surface area (TPSA) is 63.3 Å². The lowest BCUT2D eigenvalue weighted by Gasteiger charge is -2.09. The first-order valence-electron chi connectivity index (χ1n) is 5.36. The summed E-state index contributed by atoms with van der Waals surface area (Å²) in [5.41, 5.74) is 5.02. The van der Waals surface area contributed by atoms with Crippen molar-refractivity contribution in [1.82, 2.24) is 0 Å². The molecule has 0 aliphatic heterocycles. The van der Waals surface area contributed by atoms with Gasteiger partial charge in [0.05, 0.1) is 5.41 Å². The summed E-state index contributed by atoms with van der Waals surface area (Å²) < 4.78 is 25.9. The summed E-state index contributed by atoms with van der Waals surface area (Å²) in [6.45, 7) is 0.0603. The molecule has 1 aliphatic carbocycles. The van der Waals surface area contributed by atoms with Crippen LogP contribution in [0.25, 0.3) is 0 Å². The van der Waals surface area contributed by atoms with Gasteiger partial charge in [-0.3, -0.25) is 4.79 Å². The maximum Gasteiger partial charge on any atom is 0.311 e. The molecular formula is C12H13F2NO2. The molecule has 5 heteroatoms. The first-order chi connectivity index (χ1) is 7.98. The Balaban J connectivity index is 2.11. The third-order valence-corrected chi connectivity index (χ3v) is 3.43. The molecule has 17 heavy (non-hydrogen) atoms. The van der Waals surface area contributed by atoms with E-state index in [1.54, 1.807) is 0 Å². The van der Waals surface area contributed by atoms with Crippen molar-refractivity contribution in [1.29, 1.82) is 0 Å². The highest BCUT2D eigenvalue weighted by molar-refractivity contribution is 5.79. The third kappa shape index (κ3) is 2.15. The van der Waals surface area contributed by atoms with Gasteiger partial charge in [0.2, 0.25) is 0 Å². The molecular weight excluding hydrogens is 228 g/mol. The van der Waals surface area contributed by atoms with Gasteiger partial charge >= 0.3 is 5.97 Å². The van der Waals surface area contributed by atoms with Crippen LogP contribution in [0.4, 0.5) is 8.78 Å². The Morgan fingerprint density at radius 2 is 2.00 bits per heavy atom. The predicted octanol–water partition coefficient (Wildman–Crippen LogP) is 1.56. The summed E-state index contributed by atoms with van der Waals surface area (Å²) in [6.07, 6.45) is 0.815. The first kappa shape index (κ1) is 12.0. The molecule has 0 amide bonds. The van der Waals surface area contributed by atoms with E-state index in [4.69, 9.17) is 10.8 Å². The van der Waals surface area contributed by atoms with Crippen LogP contribution in [0.15, 0.2) is 18.2 Å². The molecule has 1 saturated carbocycles. The summed E-state index contributed by atoms with van der Waals surface area (Å²) >= 11 is 0. The van der Waals surface area contributed by atoms with Gasteiger partial charge in [0.1, 0.15) is 11.6 Å². The maximum absolute atomic E-state index is 13.0. The van der Waals surface area contributed by atoms with Crippen molar-refractivity contribution >= 4 is 5.97 Å². The summed E-state index contributed by atoms with van der Waals surface area (Å²) in [7, 11) is 0. The van der Waals surface area contributed by atoms with Crippen LogP contribution in [0.5, 0.6) is 0 Å². The Morgan fingerprint density at radius 3 is 2.41 bits per heavy atom. The highest BCUT2D eigenvalue weighted by atomic mass is 19.1. The number of hydrogen-bond donors (Lipinski definition) is 2. The molecule has 2 atom stereocenters. The monoisotopic (exact) mass is 241 g/mol. The van der Waals surface area contributed by atoms with Gasteiger partial charge in [-0.1, -0.05) is 0 Å². The fraction of sp³-hybridized carbons (Fsp3) is 0.417. The zero-order valence-electron chi connectivity index (χ0n) is 9.12. The van der Waals surface area contributed by atoms with Crippen molar-refractivity contribution in [3.8, 4) is 0 Å². The van der Waals surface area contributed by atoms with E-state index >= 15 is 0 Å². The van der Waals surface area contributed by atoms with Gasteiger partial charge in [-0.15, -0.1) is 0 Å². The van der Waals surface area contributed by atoms with Gasteiger partial charge in [0, 0.05) is 12.6 Å². The molecule has 1 aromatic rings. The number of aliphatic carboxylic acids is 1. The van der Waals surface area contributed by atoms with Crippen LogP contribution >= 0.6 is 0 Å². The Labute approximate surface area is 97.2 Å². The number of carboxylic acids is 1.